The number of methoxy groups -OCH3 is 1. The predicted octanol–water partition coefficient (Wildman–Crippen LogP) is 4.66. The highest BCUT2D eigenvalue weighted by atomic mass is 32.2. The molecule has 0 spiro atoms. The molecule has 0 aliphatic rings. The molecule has 2 aromatic carbocycles. The Morgan fingerprint density at radius 3 is 2.42 bits per heavy atom. The van der Waals surface area contributed by atoms with Crippen molar-refractivity contribution in [3.8, 4) is 29.0 Å². The third-order valence-electron chi connectivity index (χ3n) is 4.76. The van der Waals surface area contributed by atoms with Gasteiger partial charge in [0.05, 0.1) is 48.4 Å². The van der Waals surface area contributed by atoms with Crippen molar-refractivity contribution in [1.29, 1.82) is 10.5 Å². The van der Waals surface area contributed by atoms with Crippen LogP contribution in [-0.2, 0) is 4.79 Å². The summed E-state index contributed by atoms with van der Waals surface area (Å²) in [6.07, 6.45) is 0.488. The number of aromatic nitrogens is 1. The molecule has 3 aromatic rings. The average molecular weight is 431 g/mol. The Labute approximate surface area is 186 Å². The summed E-state index contributed by atoms with van der Waals surface area (Å²) < 4.78 is 5.35. The number of hydrogen-bond donors (Lipinski definition) is 0. The zero-order chi connectivity index (χ0) is 22.1. The number of thioether (sulfide) groups is 1. The van der Waals surface area contributed by atoms with E-state index >= 15 is 0 Å². The number of benzene rings is 2. The van der Waals surface area contributed by atoms with Gasteiger partial charge in [-0.25, -0.2) is 4.98 Å². The largest absolute Gasteiger partial charge is 0.497 e. The van der Waals surface area contributed by atoms with Gasteiger partial charge in [-0.15, -0.1) is 0 Å². The summed E-state index contributed by atoms with van der Waals surface area (Å²) in [4.78, 5) is 19.0. The fourth-order valence-electron chi connectivity index (χ4n) is 3.20. The lowest BCUT2D eigenvalue weighted by molar-refractivity contribution is -0.128. The highest BCUT2D eigenvalue weighted by molar-refractivity contribution is 7.99. The summed E-state index contributed by atoms with van der Waals surface area (Å²) in [5.41, 5.74) is 2.90. The van der Waals surface area contributed by atoms with Gasteiger partial charge in [-0.05, 0) is 29.3 Å². The Morgan fingerprint density at radius 2 is 1.77 bits per heavy atom. The van der Waals surface area contributed by atoms with Crippen molar-refractivity contribution in [2.45, 2.75) is 17.9 Å². The van der Waals surface area contributed by atoms with Crippen molar-refractivity contribution >= 4 is 28.6 Å². The first-order valence-electron chi connectivity index (χ1n) is 9.85. The van der Waals surface area contributed by atoms with Gasteiger partial charge < -0.3 is 9.64 Å². The maximum absolute atomic E-state index is 12.7. The quantitative estimate of drug-likeness (QED) is 0.459. The average Bonchev–Trinajstić information content (AvgIpc) is 2.82. The van der Waals surface area contributed by atoms with Gasteiger partial charge in [0.1, 0.15) is 5.75 Å². The van der Waals surface area contributed by atoms with E-state index < -0.39 is 0 Å². The van der Waals surface area contributed by atoms with Crippen molar-refractivity contribution in [2.75, 3.05) is 26.0 Å². The minimum absolute atomic E-state index is 0.107. The summed E-state index contributed by atoms with van der Waals surface area (Å²) in [6, 6.07) is 21.9. The second-order valence-electron chi connectivity index (χ2n) is 6.74. The van der Waals surface area contributed by atoms with Gasteiger partial charge in [-0.2, -0.15) is 10.5 Å². The topological polar surface area (TPSA) is 90.0 Å². The van der Waals surface area contributed by atoms with Gasteiger partial charge in [-0.3, -0.25) is 4.79 Å². The first kappa shape index (κ1) is 22.1. The van der Waals surface area contributed by atoms with Crippen molar-refractivity contribution in [1.82, 2.24) is 9.88 Å². The van der Waals surface area contributed by atoms with E-state index in [4.69, 9.17) is 20.2 Å². The molecule has 0 N–H and O–H groups in total. The molecule has 1 amide bonds. The van der Waals surface area contributed by atoms with Crippen LogP contribution in [0.15, 0.2) is 59.6 Å². The fourth-order valence-corrected chi connectivity index (χ4v) is 4.02. The molecule has 0 saturated heterocycles. The van der Waals surface area contributed by atoms with Crippen LogP contribution in [0.3, 0.4) is 0 Å². The van der Waals surface area contributed by atoms with Crippen LogP contribution in [0.1, 0.15) is 12.8 Å². The number of ether oxygens (including phenoxy) is 1. The smallest absolute Gasteiger partial charge is 0.233 e. The molecule has 0 bridgehead atoms. The first-order valence-corrected chi connectivity index (χ1v) is 10.8. The third kappa shape index (κ3) is 5.75. The van der Waals surface area contributed by atoms with Crippen LogP contribution < -0.4 is 4.74 Å². The molecule has 0 aliphatic carbocycles. The third-order valence-corrected chi connectivity index (χ3v) is 5.66. The number of rotatable bonds is 9. The van der Waals surface area contributed by atoms with Crippen LogP contribution in [0.4, 0.5) is 0 Å². The minimum Gasteiger partial charge on any atom is -0.497 e. The Kier molecular flexibility index (Phi) is 7.86. The first-order chi connectivity index (χ1) is 15.2. The Hall–Kier alpha value is -3.55. The maximum Gasteiger partial charge on any atom is 0.233 e. The van der Waals surface area contributed by atoms with E-state index in [1.807, 2.05) is 54.6 Å². The number of fused-ring (bicyclic) bond motifs is 1. The van der Waals surface area contributed by atoms with Crippen LogP contribution in [0, 0.1) is 22.7 Å². The van der Waals surface area contributed by atoms with Crippen molar-refractivity contribution in [3.05, 3.63) is 54.6 Å². The van der Waals surface area contributed by atoms with Crippen LogP contribution in [0.5, 0.6) is 5.75 Å². The standard InChI is InChI=1S/C24H22N4O2S/c1-30-19-9-10-20-21(18-7-3-2-4-8-18)16-23(27-22(20)15-19)31-17-24(29)28(13-5-11-25)14-6-12-26/h2-4,7-10,15-16H,5-6,13-14,17H2,1H3. The molecule has 0 atom stereocenters. The summed E-state index contributed by atoms with van der Waals surface area (Å²) in [7, 11) is 1.62. The molecule has 1 heterocycles. The summed E-state index contributed by atoms with van der Waals surface area (Å²) >= 11 is 1.35. The summed E-state index contributed by atoms with van der Waals surface area (Å²) in [5.74, 6) is 0.800. The second-order valence-corrected chi connectivity index (χ2v) is 7.74. The van der Waals surface area contributed by atoms with Crippen LogP contribution >= 0.6 is 11.8 Å². The number of carbonyl (C=O) groups is 1. The van der Waals surface area contributed by atoms with E-state index in [0.29, 0.717) is 13.1 Å². The van der Waals surface area contributed by atoms with E-state index in [0.717, 1.165) is 32.8 Å². The molecule has 0 saturated carbocycles. The van der Waals surface area contributed by atoms with Gasteiger partial charge in [-0.1, -0.05) is 42.1 Å². The van der Waals surface area contributed by atoms with E-state index in [-0.39, 0.29) is 24.5 Å². The van der Waals surface area contributed by atoms with Gasteiger partial charge in [0, 0.05) is 24.5 Å². The number of hydrogen-bond acceptors (Lipinski definition) is 6. The molecule has 0 fully saturated rings. The SMILES string of the molecule is COc1ccc2c(-c3ccccc3)cc(SCC(=O)N(CCC#N)CCC#N)nc2c1. The molecule has 1 aromatic heterocycles. The van der Waals surface area contributed by atoms with E-state index in [1.165, 1.54) is 11.8 Å². The summed E-state index contributed by atoms with van der Waals surface area (Å²) in [6.45, 7) is 0.657. The van der Waals surface area contributed by atoms with E-state index in [9.17, 15) is 4.79 Å². The van der Waals surface area contributed by atoms with Gasteiger partial charge in [0.25, 0.3) is 0 Å². The molecule has 31 heavy (non-hydrogen) atoms. The predicted molar refractivity (Wildman–Crippen MR) is 121 cm³/mol. The molecule has 0 radical (unpaired) electrons. The van der Waals surface area contributed by atoms with E-state index in [2.05, 4.69) is 12.1 Å². The zero-order valence-corrected chi connectivity index (χ0v) is 18.1. The number of nitriles is 2. The number of nitrogens with zero attached hydrogens (tertiary/aromatic N) is 4. The van der Waals surface area contributed by atoms with Gasteiger partial charge in [0.2, 0.25) is 5.91 Å². The van der Waals surface area contributed by atoms with Gasteiger partial charge >= 0.3 is 0 Å². The Balaban J connectivity index is 1.88. The van der Waals surface area contributed by atoms with Crippen LogP contribution in [-0.4, -0.2) is 41.7 Å². The zero-order valence-electron chi connectivity index (χ0n) is 17.2. The van der Waals surface area contributed by atoms with Crippen molar-refractivity contribution < 1.29 is 9.53 Å². The van der Waals surface area contributed by atoms with Crippen LogP contribution in [0.2, 0.25) is 0 Å². The fraction of sp³-hybridized carbons (Fsp3) is 0.250. The Morgan fingerprint density at radius 1 is 1.06 bits per heavy atom. The Bertz CT molecular complexity index is 1120. The second kappa shape index (κ2) is 11.0. The van der Waals surface area contributed by atoms with E-state index in [1.54, 1.807) is 12.0 Å². The maximum atomic E-state index is 12.7. The molecule has 3 rings (SSSR count). The highest BCUT2D eigenvalue weighted by Gasteiger charge is 2.15. The number of pyridine rings is 1. The van der Waals surface area contributed by atoms with Crippen LogP contribution in [0.25, 0.3) is 22.0 Å². The van der Waals surface area contributed by atoms with Crippen molar-refractivity contribution in [2.24, 2.45) is 0 Å². The molecule has 6 nitrogen and oxygen atoms in total. The lowest BCUT2D eigenvalue weighted by Crippen LogP contribution is -2.34. The lowest BCUT2D eigenvalue weighted by atomic mass is 10.0. The highest BCUT2D eigenvalue weighted by Crippen LogP contribution is 2.33. The lowest BCUT2D eigenvalue weighted by Gasteiger charge is -2.20. The minimum atomic E-state index is -0.107. The molecular weight excluding hydrogens is 408 g/mol. The normalized spacial score (nSPS) is 10.3. The monoisotopic (exact) mass is 430 g/mol. The molecule has 0 unspecified atom stereocenters. The molecule has 7 heteroatoms. The number of carbonyl (C=O) groups excluding carboxylic acids is 1. The molecule has 0 aliphatic heterocycles. The van der Waals surface area contributed by atoms with Crippen molar-refractivity contribution in [3.63, 3.8) is 0 Å². The molecule has 156 valence electrons. The van der Waals surface area contributed by atoms with Gasteiger partial charge in [0.15, 0.2) is 0 Å². The number of amides is 1. The summed E-state index contributed by atoms with van der Waals surface area (Å²) in [5, 5.41) is 19.4. The molecular formula is C24H22N4O2S.